The maximum atomic E-state index is 5.73. The van der Waals surface area contributed by atoms with E-state index in [9.17, 15) is 0 Å². The summed E-state index contributed by atoms with van der Waals surface area (Å²) in [5, 5.41) is 3.30. The van der Waals surface area contributed by atoms with E-state index in [4.69, 9.17) is 5.73 Å². The largest absolute Gasteiger partial charge is 0.397 e. The van der Waals surface area contributed by atoms with Crippen LogP contribution < -0.4 is 11.1 Å². The predicted molar refractivity (Wildman–Crippen MR) is 79.7 cm³/mol. The van der Waals surface area contributed by atoms with Crippen molar-refractivity contribution in [1.82, 2.24) is 4.98 Å². The zero-order valence-electron chi connectivity index (χ0n) is 10.3. The molecule has 94 valence electrons. The number of anilines is 2. The Morgan fingerprint density at radius 1 is 1.17 bits per heavy atom. The standard InChI is InChI=1S/C14H16BrN3/c1-10-13(16)6-7-14(18-10)17-9-8-11-2-4-12(15)5-3-11/h2-7H,8-9,16H2,1H3,(H,17,18). The molecular weight excluding hydrogens is 290 g/mol. The Kier molecular flexibility index (Phi) is 4.20. The van der Waals surface area contributed by atoms with Crippen molar-refractivity contribution in [3.8, 4) is 0 Å². The lowest BCUT2D eigenvalue weighted by molar-refractivity contribution is 1.00. The fourth-order valence-corrected chi connectivity index (χ4v) is 1.92. The van der Waals surface area contributed by atoms with E-state index in [2.05, 4.69) is 50.5 Å². The third kappa shape index (κ3) is 3.47. The van der Waals surface area contributed by atoms with Gasteiger partial charge in [0.15, 0.2) is 0 Å². The molecule has 1 aromatic heterocycles. The summed E-state index contributed by atoms with van der Waals surface area (Å²) in [4.78, 5) is 4.37. The van der Waals surface area contributed by atoms with Gasteiger partial charge in [-0.15, -0.1) is 0 Å². The van der Waals surface area contributed by atoms with Crippen LogP contribution in [0.15, 0.2) is 40.9 Å². The van der Waals surface area contributed by atoms with Gasteiger partial charge < -0.3 is 11.1 Å². The van der Waals surface area contributed by atoms with Crippen LogP contribution in [-0.4, -0.2) is 11.5 Å². The van der Waals surface area contributed by atoms with Crippen LogP contribution in [0.25, 0.3) is 0 Å². The first-order valence-electron chi connectivity index (χ1n) is 5.86. The van der Waals surface area contributed by atoms with Crippen LogP contribution in [0.2, 0.25) is 0 Å². The number of benzene rings is 1. The van der Waals surface area contributed by atoms with Crippen molar-refractivity contribution in [2.75, 3.05) is 17.6 Å². The van der Waals surface area contributed by atoms with Crippen molar-refractivity contribution in [1.29, 1.82) is 0 Å². The number of rotatable bonds is 4. The van der Waals surface area contributed by atoms with Crippen molar-refractivity contribution in [2.24, 2.45) is 0 Å². The fourth-order valence-electron chi connectivity index (χ4n) is 1.66. The molecule has 4 heteroatoms. The SMILES string of the molecule is Cc1nc(NCCc2ccc(Br)cc2)ccc1N. The van der Waals surface area contributed by atoms with E-state index in [1.54, 1.807) is 0 Å². The Morgan fingerprint density at radius 3 is 2.56 bits per heavy atom. The van der Waals surface area contributed by atoms with Crippen molar-refractivity contribution in [2.45, 2.75) is 13.3 Å². The van der Waals surface area contributed by atoms with E-state index in [0.717, 1.165) is 34.6 Å². The van der Waals surface area contributed by atoms with Gasteiger partial charge in [0.25, 0.3) is 0 Å². The van der Waals surface area contributed by atoms with E-state index in [-0.39, 0.29) is 0 Å². The van der Waals surface area contributed by atoms with Crippen molar-refractivity contribution < 1.29 is 0 Å². The molecule has 1 aromatic carbocycles. The van der Waals surface area contributed by atoms with Gasteiger partial charge in [-0.1, -0.05) is 28.1 Å². The van der Waals surface area contributed by atoms with Crippen LogP contribution in [0.3, 0.4) is 0 Å². The molecule has 1 heterocycles. The molecule has 0 amide bonds. The molecule has 0 aliphatic heterocycles. The van der Waals surface area contributed by atoms with Gasteiger partial charge in [-0.25, -0.2) is 4.98 Å². The number of nitrogens with two attached hydrogens (primary N) is 1. The van der Waals surface area contributed by atoms with Crippen molar-refractivity contribution in [3.63, 3.8) is 0 Å². The Morgan fingerprint density at radius 2 is 1.89 bits per heavy atom. The molecule has 18 heavy (non-hydrogen) atoms. The van der Waals surface area contributed by atoms with Gasteiger partial charge in [-0.05, 0) is 43.2 Å². The van der Waals surface area contributed by atoms with Crippen LogP contribution >= 0.6 is 15.9 Å². The van der Waals surface area contributed by atoms with Gasteiger partial charge in [-0.3, -0.25) is 0 Å². The molecule has 2 rings (SSSR count). The lowest BCUT2D eigenvalue weighted by atomic mass is 10.1. The minimum Gasteiger partial charge on any atom is -0.397 e. The molecule has 0 fully saturated rings. The second-order valence-electron chi connectivity index (χ2n) is 4.17. The van der Waals surface area contributed by atoms with Crippen LogP contribution in [0.1, 0.15) is 11.3 Å². The monoisotopic (exact) mass is 305 g/mol. The highest BCUT2D eigenvalue weighted by Crippen LogP contribution is 2.13. The number of aromatic nitrogens is 1. The smallest absolute Gasteiger partial charge is 0.126 e. The van der Waals surface area contributed by atoms with Gasteiger partial charge >= 0.3 is 0 Å². The molecule has 0 radical (unpaired) electrons. The number of nitrogen functional groups attached to an aromatic ring is 1. The molecule has 0 saturated heterocycles. The number of aryl methyl sites for hydroxylation is 1. The summed E-state index contributed by atoms with van der Waals surface area (Å²) in [6, 6.07) is 12.1. The molecule has 3 nitrogen and oxygen atoms in total. The molecule has 0 aliphatic carbocycles. The maximum absolute atomic E-state index is 5.73. The average molecular weight is 306 g/mol. The van der Waals surface area contributed by atoms with E-state index in [0.29, 0.717) is 0 Å². The molecule has 2 aromatic rings. The molecule has 0 spiro atoms. The first-order valence-corrected chi connectivity index (χ1v) is 6.66. The summed E-state index contributed by atoms with van der Waals surface area (Å²) < 4.78 is 1.11. The predicted octanol–water partition coefficient (Wildman–Crippen LogP) is 3.39. The van der Waals surface area contributed by atoms with Gasteiger partial charge in [0.05, 0.1) is 11.4 Å². The number of hydrogen-bond donors (Lipinski definition) is 2. The number of hydrogen-bond acceptors (Lipinski definition) is 3. The Labute approximate surface area is 116 Å². The quantitative estimate of drug-likeness (QED) is 0.910. The Hall–Kier alpha value is -1.55. The highest BCUT2D eigenvalue weighted by molar-refractivity contribution is 9.10. The molecule has 0 atom stereocenters. The van der Waals surface area contributed by atoms with Crippen LogP contribution in [-0.2, 0) is 6.42 Å². The fraction of sp³-hybridized carbons (Fsp3) is 0.214. The third-order valence-electron chi connectivity index (χ3n) is 2.76. The van der Waals surface area contributed by atoms with E-state index >= 15 is 0 Å². The average Bonchev–Trinajstić information content (AvgIpc) is 2.36. The molecule has 3 N–H and O–H groups in total. The summed E-state index contributed by atoms with van der Waals surface area (Å²) >= 11 is 3.43. The summed E-state index contributed by atoms with van der Waals surface area (Å²) in [5.74, 6) is 0.874. The maximum Gasteiger partial charge on any atom is 0.126 e. The molecule has 0 aliphatic rings. The summed E-state index contributed by atoms with van der Waals surface area (Å²) in [6.07, 6.45) is 0.971. The first-order chi connectivity index (χ1) is 8.65. The lowest BCUT2D eigenvalue weighted by Crippen LogP contribution is -2.07. The normalized spacial score (nSPS) is 10.3. The van der Waals surface area contributed by atoms with Crippen LogP contribution in [0.5, 0.6) is 0 Å². The molecule has 0 bridgehead atoms. The second kappa shape index (κ2) is 5.87. The number of nitrogens with one attached hydrogen (secondary N) is 1. The number of pyridine rings is 1. The Balaban J connectivity index is 1.88. The van der Waals surface area contributed by atoms with Gasteiger partial charge in [0.1, 0.15) is 5.82 Å². The van der Waals surface area contributed by atoms with Gasteiger partial charge in [0.2, 0.25) is 0 Å². The van der Waals surface area contributed by atoms with Crippen LogP contribution in [0, 0.1) is 6.92 Å². The topological polar surface area (TPSA) is 50.9 Å². The molecular formula is C14H16BrN3. The minimum atomic E-state index is 0.730. The molecule has 0 saturated carbocycles. The summed E-state index contributed by atoms with van der Waals surface area (Å²) in [5.41, 5.74) is 8.63. The van der Waals surface area contributed by atoms with E-state index in [1.165, 1.54) is 5.56 Å². The number of nitrogens with zero attached hydrogens (tertiary/aromatic N) is 1. The third-order valence-corrected chi connectivity index (χ3v) is 3.29. The second-order valence-corrected chi connectivity index (χ2v) is 5.09. The van der Waals surface area contributed by atoms with E-state index in [1.807, 2.05) is 19.1 Å². The highest BCUT2D eigenvalue weighted by atomic mass is 79.9. The van der Waals surface area contributed by atoms with Gasteiger partial charge in [0, 0.05) is 11.0 Å². The van der Waals surface area contributed by atoms with Gasteiger partial charge in [-0.2, -0.15) is 0 Å². The zero-order chi connectivity index (χ0) is 13.0. The summed E-state index contributed by atoms with van der Waals surface area (Å²) in [6.45, 7) is 2.77. The number of halogens is 1. The minimum absolute atomic E-state index is 0.730. The Bertz CT molecular complexity index is 523. The highest BCUT2D eigenvalue weighted by Gasteiger charge is 1.98. The van der Waals surface area contributed by atoms with Crippen molar-refractivity contribution in [3.05, 3.63) is 52.1 Å². The summed E-state index contributed by atoms with van der Waals surface area (Å²) in [7, 11) is 0. The van der Waals surface area contributed by atoms with Crippen LogP contribution in [0.4, 0.5) is 11.5 Å². The lowest BCUT2D eigenvalue weighted by Gasteiger charge is -2.07. The van der Waals surface area contributed by atoms with E-state index < -0.39 is 0 Å². The first kappa shape index (κ1) is 12.9. The van der Waals surface area contributed by atoms with Crippen molar-refractivity contribution >= 4 is 27.4 Å². The molecule has 0 unspecified atom stereocenters. The zero-order valence-corrected chi connectivity index (χ0v) is 11.9.